The molecular formula is C15H28N4. The van der Waals surface area contributed by atoms with Crippen molar-refractivity contribution in [3.8, 4) is 0 Å². The van der Waals surface area contributed by atoms with Gasteiger partial charge in [0.2, 0.25) is 0 Å². The molecule has 19 heavy (non-hydrogen) atoms. The first-order chi connectivity index (χ1) is 8.83. The number of hydrogen-bond acceptors (Lipinski definition) is 3. The van der Waals surface area contributed by atoms with E-state index in [1.54, 1.807) is 0 Å². The quantitative estimate of drug-likeness (QED) is 0.857. The van der Waals surface area contributed by atoms with Crippen LogP contribution >= 0.6 is 0 Å². The van der Waals surface area contributed by atoms with E-state index in [0.29, 0.717) is 5.54 Å². The number of likely N-dealkylation sites (N-methyl/N-ethyl adjacent to an activating group) is 1. The minimum absolute atomic E-state index is 0.143. The van der Waals surface area contributed by atoms with Gasteiger partial charge in [-0.2, -0.15) is 0 Å². The summed E-state index contributed by atoms with van der Waals surface area (Å²) in [5.41, 5.74) is 1.72. The van der Waals surface area contributed by atoms with Crippen LogP contribution < -0.4 is 5.32 Å². The molecular weight excluding hydrogens is 236 g/mol. The van der Waals surface area contributed by atoms with Gasteiger partial charge in [-0.1, -0.05) is 20.8 Å². The van der Waals surface area contributed by atoms with Crippen LogP contribution in [0, 0.1) is 0 Å². The molecule has 1 saturated carbocycles. The van der Waals surface area contributed by atoms with Gasteiger partial charge in [-0.25, -0.2) is 4.98 Å². The lowest BCUT2D eigenvalue weighted by molar-refractivity contribution is 0.0596. The van der Waals surface area contributed by atoms with Crippen LogP contribution in [0.15, 0.2) is 6.20 Å². The fraction of sp³-hybridized carbons (Fsp3) is 0.800. The Morgan fingerprint density at radius 3 is 2.47 bits per heavy atom. The van der Waals surface area contributed by atoms with Gasteiger partial charge in [-0.15, -0.1) is 0 Å². The smallest absolute Gasteiger partial charge is 0.120 e. The molecule has 0 spiro atoms. The number of nitrogens with zero attached hydrogens (tertiary/aromatic N) is 2. The monoisotopic (exact) mass is 264 g/mol. The second-order valence-corrected chi connectivity index (χ2v) is 7.07. The minimum atomic E-state index is 0.143. The number of rotatable bonds is 5. The van der Waals surface area contributed by atoms with E-state index in [4.69, 9.17) is 0 Å². The molecule has 1 aromatic heterocycles. The van der Waals surface area contributed by atoms with Crippen LogP contribution in [0.1, 0.15) is 51.6 Å². The van der Waals surface area contributed by atoms with Gasteiger partial charge in [0.1, 0.15) is 5.82 Å². The van der Waals surface area contributed by atoms with E-state index in [-0.39, 0.29) is 5.41 Å². The highest BCUT2D eigenvalue weighted by Crippen LogP contribution is 2.35. The minimum Gasteiger partial charge on any atom is -0.344 e. The second kappa shape index (κ2) is 5.25. The summed E-state index contributed by atoms with van der Waals surface area (Å²) in [4.78, 5) is 10.2. The Kier molecular flexibility index (Phi) is 4.02. The molecule has 0 bridgehead atoms. The molecule has 1 aliphatic carbocycles. The van der Waals surface area contributed by atoms with Crippen LogP contribution in [0.2, 0.25) is 0 Å². The lowest BCUT2D eigenvalue weighted by Crippen LogP contribution is -2.56. The van der Waals surface area contributed by atoms with Crippen molar-refractivity contribution in [2.24, 2.45) is 0 Å². The largest absolute Gasteiger partial charge is 0.344 e. The summed E-state index contributed by atoms with van der Waals surface area (Å²) in [6.45, 7) is 8.48. The summed E-state index contributed by atoms with van der Waals surface area (Å²) in [6, 6.07) is 0. The zero-order chi connectivity index (χ0) is 14.1. The van der Waals surface area contributed by atoms with Gasteiger partial charge < -0.3 is 15.2 Å². The summed E-state index contributed by atoms with van der Waals surface area (Å²) in [7, 11) is 4.37. The SMILES string of the molecule is CN(C)C1(CNCc2ncc(C(C)(C)C)[nH]2)CCC1. The van der Waals surface area contributed by atoms with Crippen molar-refractivity contribution in [1.29, 1.82) is 0 Å². The number of aromatic nitrogens is 2. The van der Waals surface area contributed by atoms with Crippen LogP contribution in [-0.4, -0.2) is 41.0 Å². The molecule has 4 heteroatoms. The van der Waals surface area contributed by atoms with E-state index in [0.717, 1.165) is 18.9 Å². The Morgan fingerprint density at radius 2 is 2.05 bits per heavy atom. The van der Waals surface area contributed by atoms with E-state index < -0.39 is 0 Å². The fourth-order valence-corrected chi connectivity index (χ4v) is 2.61. The number of nitrogens with one attached hydrogen (secondary N) is 2. The van der Waals surface area contributed by atoms with Crippen molar-refractivity contribution in [3.63, 3.8) is 0 Å². The van der Waals surface area contributed by atoms with Crippen molar-refractivity contribution in [2.45, 2.75) is 57.5 Å². The standard InChI is InChI=1S/C15H28N4/c1-14(2,3)12-9-17-13(18-12)10-16-11-15(19(4)5)7-6-8-15/h9,16H,6-8,10-11H2,1-5H3,(H,17,18). The highest BCUT2D eigenvalue weighted by molar-refractivity contribution is 5.11. The van der Waals surface area contributed by atoms with Crippen molar-refractivity contribution >= 4 is 0 Å². The predicted octanol–water partition coefficient (Wildman–Crippen LogP) is 2.28. The highest BCUT2D eigenvalue weighted by Gasteiger charge is 2.38. The van der Waals surface area contributed by atoms with Crippen LogP contribution in [-0.2, 0) is 12.0 Å². The molecule has 2 rings (SSSR count). The van der Waals surface area contributed by atoms with Gasteiger partial charge in [0.15, 0.2) is 0 Å². The van der Waals surface area contributed by atoms with E-state index in [9.17, 15) is 0 Å². The molecule has 108 valence electrons. The van der Waals surface area contributed by atoms with Gasteiger partial charge in [-0.05, 0) is 33.4 Å². The van der Waals surface area contributed by atoms with E-state index in [2.05, 4.69) is 55.1 Å². The Morgan fingerprint density at radius 1 is 1.37 bits per heavy atom. The maximum Gasteiger partial charge on any atom is 0.120 e. The summed E-state index contributed by atoms with van der Waals surface area (Å²) in [6.07, 6.45) is 5.92. The molecule has 0 amide bonds. The fourth-order valence-electron chi connectivity index (χ4n) is 2.61. The second-order valence-electron chi connectivity index (χ2n) is 7.07. The molecule has 0 atom stereocenters. The molecule has 1 aromatic rings. The molecule has 0 unspecified atom stereocenters. The number of hydrogen-bond donors (Lipinski definition) is 2. The van der Waals surface area contributed by atoms with Gasteiger partial charge in [0, 0.05) is 29.4 Å². The molecule has 1 fully saturated rings. The van der Waals surface area contributed by atoms with Crippen molar-refractivity contribution in [1.82, 2.24) is 20.2 Å². The maximum atomic E-state index is 4.46. The molecule has 0 aromatic carbocycles. The third-order valence-electron chi connectivity index (χ3n) is 4.42. The predicted molar refractivity (Wildman–Crippen MR) is 79.3 cm³/mol. The van der Waals surface area contributed by atoms with Crippen molar-refractivity contribution < 1.29 is 0 Å². The molecule has 1 aliphatic rings. The average molecular weight is 264 g/mol. The van der Waals surface area contributed by atoms with E-state index in [1.807, 2.05) is 6.20 Å². The summed E-state index contributed by atoms with van der Waals surface area (Å²) in [5.74, 6) is 1.04. The molecule has 2 N–H and O–H groups in total. The molecule has 1 heterocycles. The Bertz CT molecular complexity index is 410. The van der Waals surface area contributed by atoms with Crippen LogP contribution in [0.5, 0.6) is 0 Å². The summed E-state index contributed by atoms with van der Waals surface area (Å²) >= 11 is 0. The van der Waals surface area contributed by atoms with Crippen LogP contribution in [0.25, 0.3) is 0 Å². The van der Waals surface area contributed by atoms with E-state index in [1.165, 1.54) is 25.0 Å². The molecule has 0 aliphatic heterocycles. The third kappa shape index (κ3) is 3.18. The molecule has 4 nitrogen and oxygen atoms in total. The van der Waals surface area contributed by atoms with Crippen LogP contribution in [0.3, 0.4) is 0 Å². The summed E-state index contributed by atoms with van der Waals surface area (Å²) in [5, 5.41) is 3.56. The highest BCUT2D eigenvalue weighted by atomic mass is 15.2. The maximum absolute atomic E-state index is 4.46. The van der Waals surface area contributed by atoms with Crippen LogP contribution in [0.4, 0.5) is 0 Å². The first kappa shape index (κ1) is 14.5. The zero-order valence-electron chi connectivity index (χ0n) is 13.0. The van der Waals surface area contributed by atoms with E-state index >= 15 is 0 Å². The van der Waals surface area contributed by atoms with Crippen molar-refractivity contribution in [3.05, 3.63) is 17.7 Å². The first-order valence-corrected chi connectivity index (χ1v) is 7.26. The summed E-state index contributed by atoms with van der Waals surface area (Å²) < 4.78 is 0. The molecule has 0 radical (unpaired) electrons. The van der Waals surface area contributed by atoms with Gasteiger partial charge in [0.25, 0.3) is 0 Å². The van der Waals surface area contributed by atoms with Gasteiger partial charge in [0.05, 0.1) is 6.54 Å². The average Bonchev–Trinajstić information content (AvgIpc) is 2.69. The lowest BCUT2D eigenvalue weighted by Gasteiger charge is -2.47. The zero-order valence-corrected chi connectivity index (χ0v) is 13.0. The third-order valence-corrected chi connectivity index (χ3v) is 4.42. The Balaban J connectivity index is 1.84. The van der Waals surface area contributed by atoms with Gasteiger partial charge in [-0.3, -0.25) is 0 Å². The normalized spacial score (nSPS) is 18.6. The van der Waals surface area contributed by atoms with Gasteiger partial charge >= 0.3 is 0 Å². The number of aromatic amines is 1. The Labute approximate surface area is 117 Å². The topological polar surface area (TPSA) is 44.0 Å². The Hall–Kier alpha value is -0.870. The molecule has 0 saturated heterocycles. The number of imidazole rings is 1. The van der Waals surface area contributed by atoms with Crippen molar-refractivity contribution in [2.75, 3.05) is 20.6 Å². The first-order valence-electron chi connectivity index (χ1n) is 7.26. The lowest BCUT2D eigenvalue weighted by atomic mass is 9.75. The number of H-pyrrole nitrogens is 1.